The van der Waals surface area contributed by atoms with Crippen molar-refractivity contribution < 1.29 is 4.74 Å². The first kappa shape index (κ1) is 10.3. The quantitative estimate of drug-likeness (QED) is 0.715. The van der Waals surface area contributed by atoms with Gasteiger partial charge in [-0.3, -0.25) is 19.4 Å². The van der Waals surface area contributed by atoms with E-state index in [0.29, 0.717) is 24.2 Å². The summed E-state index contributed by atoms with van der Waals surface area (Å²) in [6.45, 7) is 1.40. The molecular weight excluding hydrogens is 224 g/mol. The third-order valence-corrected chi connectivity index (χ3v) is 3.00. The van der Waals surface area contributed by atoms with Crippen LogP contribution < -0.4 is 11.2 Å². The van der Waals surface area contributed by atoms with Crippen LogP contribution in [-0.4, -0.2) is 33.0 Å². The number of H-pyrrole nitrogens is 2. The summed E-state index contributed by atoms with van der Waals surface area (Å²) in [5.74, 6) is 0. The van der Waals surface area contributed by atoms with Gasteiger partial charge in [-0.1, -0.05) is 0 Å². The molecule has 2 aromatic rings. The van der Waals surface area contributed by atoms with Crippen molar-refractivity contribution in [3.8, 4) is 0 Å². The number of hydrogen-bond donors (Lipinski definition) is 2. The van der Waals surface area contributed by atoms with Crippen molar-refractivity contribution >= 4 is 11.0 Å². The number of aromatic nitrogens is 4. The van der Waals surface area contributed by atoms with Gasteiger partial charge in [0.2, 0.25) is 0 Å². The van der Waals surface area contributed by atoms with Gasteiger partial charge < -0.3 is 4.74 Å². The van der Waals surface area contributed by atoms with Gasteiger partial charge in [0.1, 0.15) is 5.39 Å². The smallest absolute Gasteiger partial charge is 0.327 e. The number of aromatic amines is 2. The number of ether oxygens (including phenoxy) is 1. The SMILES string of the molecule is O=c1[nH]c(=O)c2cn(C3CCOCC3)nc2[nH]1. The highest BCUT2D eigenvalue weighted by molar-refractivity contribution is 5.72. The molecule has 2 aromatic heterocycles. The molecule has 7 nitrogen and oxygen atoms in total. The Bertz CT molecular complexity index is 647. The van der Waals surface area contributed by atoms with Crippen LogP contribution in [-0.2, 0) is 4.74 Å². The fourth-order valence-electron chi connectivity index (χ4n) is 2.10. The lowest BCUT2D eigenvalue weighted by atomic mass is 10.1. The van der Waals surface area contributed by atoms with Crippen molar-refractivity contribution in [1.82, 2.24) is 19.7 Å². The number of rotatable bonds is 1. The van der Waals surface area contributed by atoms with Crippen molar-refractivity contribution in [1.29, 1.82) is 0 Å². The molecule has 0 bridgehead atoms. The summed E-state index contributed by atoms with van der Waals surface area (Å²) < 4.78 is 7.02. The first-order chi connectivity index (χ1) is 8.24. The first-order valence-corrected chi connectivity index (χ1v) is 5.53. The van der Waals surface area contributed by atoms with E-state index in [0.717, 1.165) is 12.8 Å². The van der Waals surface area contributed by atoms with E-state index in [1.165, 1.54) is 0 Å². The van der Waals surface area contributed by atoms with Crippen molar-refractivity contribution in [2.45, 2.75) is 18.9 Å². The minimum absolute atomic E-state index is 0.235. The zero-order valence-corrected chi connectivity index (χ0v) is 9.10. The lowest BCUT2D eigenvalue weighted by Gasteiger charge is -2.21. The topological polar surface area (TPSA) is 92.8 Å². The fraction of sp³-hybridized carbons (Fsp3) is 0.500. The lowest BCUT2D eigenvalue weighted by Crippen LogP contribution is -2.21. The van der Waals surface area contributed by atoms with Crippen molar-refractivity contribution in [2.24, 2.45) is 0 Å². The average molecular weight is 236 g/mol. The Morgan fingerprint density at radius 3 is 2.82 bits per heavy atom. The molecule has 3 heterocycles. The maximum absolute atomic E-state index is 11.5. The van der Waals surface area contributed by atoms with E-state index in [9.17, 15) is 9.59 Å². The molecule has 0 unspecified atom stereocenters. The van der Waals surface area contributed by atoms with Crippen LogP contribution in [0, 0.1) is 0 Å². The molecule has 0 spiro atoms. The molecule has 17 heavy (non-hydrogen) atoms. The van der Waals surface area contributed by atoms with Crippen LogP contribution in [0.25, 0.3) is 11.0 Å². The zero-order chi connectivity index (χ0) is 11.8. The predicted octanol–water partition coefficient (Wildman–Crippen LogP) is -0.236. The van der Waals surface area contributed by atoms with Crippen LogP contribution in [0.4, 0.5) is 0 Å². The van der Waals surface area contributed by atoms with Gasteiger partial charge in [-0.25, -0.2) is 4.79 Å². The molecule has 0 atom stereocenters. The summed E-state index contributed by atoms with van der Waals surface area (Å²) in [5, 5.41) is 4.66. The summed E-state index contributed by atoms with van der Waals surface area (Å²) in [4.78, 5) is 27.4. The van der Waals surface area contributed by atoms with Gasteiger partial charge in [-0.05, 0) is 12.8 Å². The highest BCUT2D eigenvalue weighted by atomic mass is 16.5. The summed E-state index contributed by atoms with van der Waals surface area (Å²) in [6.07, 6.45) is 3.42. The predicted molar refractivity (Wildman–Crippen MR) is 60.1 cm³/mol. The normalized spacial score (nSPS) is 17.6. The fourth-order valence-corrected chi connectivity index (χ4v) is 2.10. The van der Waals surface area contributed by atoms with Crippen molar-refractivity contribution in [3.63, 3.8) is 0 Å². The molecule has 0 amide bonds. The summed E-state index contributed by atoms with van der Waals surface area (Å²) in [5.41, 5.74) is -0.591. The molecule has 1 aliphatic rings. The first-order valence-electron chi connectivity index (χ1n) is 5.53. The maximum Gasteiger partial charge on any atom is 0.327 e. The Labute approximate surface area is 95.4 Å². The second kappa shape index (κ2) is 3.85. The Morgan fingerprint density at radius 2 is 2.06 bits per heavy atom. The van der Waals surface area contributed by atoms with Gasteiger partial charge in [0, 0.05) is 19.4 Å². The third kappa shape index (κ3) is 1.78. The second-order valence-corrected chi connectivity index (χ2v) is 4.12. The van der Waals surface area contributed by atoms with Crippen LogP contribution in [0.15, 0.2) is 15.8 Å². The van der Waals surface area contributed by atoms with Gasteiger partial charge in [-0.15, -0.1) is 0 Å². The van der Waals surface area contributed by atoms with E-state index < -0.39 is 11.2 Å². The van der Waals surface area contributed by atoms with E-state index in [-0.39, 0.29) is 6.04 Å². The van der Waals surface area contributed by atoms with E-state index in [1.54, 1.807) is 10.9 Å². The maximum atomic E-state index is 11.5. The van der Waals surface area contributed by atoms with E-state index >= 15 is 0 Å². The van der Waals surface area contributed by atoms with Crippen LogP contribution in [0.3, 0.4) is 0 Å². The highest BCUT2D eigenvalue weighted by Gasteiger charge is 2.17. The molecule has 0 saturated carbocycles. The van der Waals surface area contributed by atoms with E-state index in [2.05, 4.69) is 15.1 Å². The van der Waals surface area contributed by atoms with Gasteiger partial charge >= 0.3 is 5.69 Å². The number of nitrogens with zero attached hydrogens (tertiary/aromatic N) is 2. The number of fused-ring (bicyclic) bond motifs is 1. The second-order valence-electron chi connectivity index (χ2n) is 4.12. The molecule has 0 radical (unpaired) electrons. The molecule has 1 fully saturated rings. The Kier molecular flexibility index (Phi) is 2.32. The standard InChI is InChI=1S/C10H12N4O3/c15-9-7-5-14(6-1-3-17-4-2-6)13-8(7)11-10(16)12-9/h5-6H,1-4H2,(H2,11,12,13,15,16). The largest absolute Gasteiger partial charge is 0.381 e. The monoisotopic (exact) mass is 236 g/mol. The minimum Gasteiger partial charge on any atom is -0.381 e. The Morgan fingerprint density at radius 1 is 1.29 bits per heavy atom. The van der Waals surface area contributed by atoms with Crippen LogP contribution >= 0.6 is 0 Å². The number of nitrogens with one attached hydrogen (secondary N) is 2. The molecule has 1 saturated heterocycles. The molecule has 90 valence electrons. The molecule has 7 heteroatoms. The summed E-state index contributed by atoms with van der Waals surface area (Å²) in [6, 6.07) is 0.235. The van der Waals surface area contributed by atoms with Crippen molar-refractivity contribution in [2.75, 3.05) is 13.2 Å². The summed E-state index contributed by atoms with van der Waals surface area (Å²) in [7, 11) is 0. The molecule has 0 aromatic carbocycles. The molecule has 3 rings (SSSR count). The van der Waals surface area contributed by atoms with Crippen molar-refractivity contribution in [3.05, 3.63) is 27.0 Å². The minimum atomic E-state index is -0.528. The average Bonchev–Trinajstić information content (AvgIpc) is 2.74. The summed E-state index contributed by atoms with van der Waals surface area (Å²) >= 11 is 0. The Balaban J connectivity index is 2.09. The third-order valence-electron chi connectivity index (χ3n) is 3.00. The van der Waals surface area contributed by atoms with Crippen LogP contribution in [0.5, 0.6) is 0 Å². The Hall–Kier alpha value is -1.89. The van der Waals surface area contributed by atoms with Gasteiger partial charge in [-0.2, -0.15) is 5.10 Å². The van der Waals surface area contributed by atoms with Gasteiger partial charge in [0.05, 0.1) is 6.04 Å². The molecule has 2 N–H and O–H groups in total. The molecule has 0 aliphatic carbocycles. The molecule has 1 aliphatic heterocycles. The van der Waals surface area contributed by atoms with Crippen LogP contribution in [0.2, 0.25) is 0 Å². The zero-order valence-electron chi connectivity index (χ0n) is 9.10. The van der Waals surface area contributed by atoms with Crippen LogP contribution in [0.1, 0.15) is 18.9 Å². The van der Waals surface area contributed by atoms with E-state index in [4.69, 9.17) is 4.74 Å². The lowest BCUT2D eigenvalue weighted by molar-refractivity contribution is 0.0664. The van der Waals surface area contributed by atoms with Gasteiger partial charge in [0.25, 0.3) is 5.56 Å². The van der Waals surface area contributed by atoms with E-state index in [1.807, 2.05) is 0 Å². The molecular formula is C10H12N4O3. The van der Waals surface area contributed by atoms with Gasteiger partial charge in [0.15, 0.2) is 5.65 Å². The highest BCUT2D eigenvalue weighted by Crippen LogP contribution is 2.20. The number of hydrogen-bond acceptors (Lipinski definition) is 4.